The Kier molecular flexibility index (Phi) is 5.57. The van der Waals surface area contributed by atoms with E-state index in [0.29, 0.717) is 30.2 Å². The van der Waals surface area contributed by atoms with Gasteiger partial charge in [0.2, 0.25) is 0 Å². The van der Waals surface area contributed by atoms with Gasteiger partial charge in [-0.05, 0) is 44.4 Å². The Bertz CT molecular complexity index is 929. The summed E-state index contributed by atoms with van der Waals surface area (Å²) in [6.07, 6.45) is 0. The van der Waals surface area contributed by atoms with Crippen molar-refractivity contribution in [2.45, 2.75) is 6.04 Å². The number of rotatable bonds is 5. The number of fused-ring (bicyclic) bond motifs is 1. The molecular weight excluding hydrogens is 408 g/mol. The summed E-state index contributed by atoms with van der Waals surface area (Å²) in [4.78, 5) is 14.8. The Morgan fingerprint density at radius 3 is 2.63 bits per heavy atom. The van der Waals surface area contributed by atoms with Crippen LogP contribution in [-0.4, -0.2) is 43.7 Å². The smallest absolute Gasteiger partial charge is 0.287 e. The molecule has 4 rings (SSSR count). The van der Waals surface area contributed by atoms with E-state index < -0.39 is 0 Å². The number of hydrogen-bond donors (Lipinski definition) is 1. The van der Waals surface area contributed by atoms with Gasteiger partial charge in [0.15, 0.2) is 10.4 Å². The number of nitrogens with one attached hydrogen (secondary N) is 1. The van der Waals surface area contributed by atoms with Crippen molar-refractivity contribution in [2.75, 3.05) is 32.8 Å². The van der Waals surface area contributed by atoms with Gasteiger partial charge in [-0.25, -0.2) is 0 Å². The normalized spacial score (nSPS) is 16.3. The van der Waals surface area contributed by atoms with Gasteiger partial charge in [-0.3, -0.25) is 9.69 Å². The fourth-order valence-corrected chi connectivity index (χ4v) is 3.89. The molecule has 140 valence electrons. The lowest BCUT2D eigenvalue weighted by Gasteiger charge is -2.35. The Hall–Kier alpha value is -2.15. The average Bonchev–Trinajstić information content (AvgIpc) is 3.15. The molecule has 1 amide bonds. The minimum atomic E-state index is -0.209. The molecule has 2 aromatic carbocycles. The largest absolute Gasteiger partial charge is 0.444 e. The first-order chi connectivity index (χ1) is 13.2. The van der Waals surface area contributed by atoms with E-state index in [1.807, 2.05) is 6.07 Å². The van der Waals surface area contributed by atoms with Crippen LogP contribution in [-0.2, 0) is 4.74 Å². The lowest BCUT2D eigenvalue weighted by Crippen LogP contribution is -2.43. The minimum Gasteiger partial charge on any atom is -0.444 e. The van der Waals surface area contributed by atoms with Gasteiger partial charge in [0.25, 0.3) is 5.91 Å². The fourth-order valence-electron chi connectivity index (χ4n) is 3.58. The number of nitrogens with zero attached hydrogens (tertiary/aromatic N) is 1. The van der Waals surface area contributed by atoms with Gasteiger partial charge in [-0.15, -0.1) is 0 Å². The van der Waals surface area contributed by atoms with Crippen LogP contribution in [0.2, 0.25) is 0 Å². The summed E-state index contributed by atoms with van der Waals surface area (Å²) in [5.74, 6) is 0.0970. The Labute approximate surface area is 166 Å². The van der Waals surface area contributed by atoms with Crippen LogP contribution in [0, 0.1) is 0 Å². The maximum absolute atomic E-state index is 12.5. The van der Waals surface area contributed by atoms with Crippen molar-refractivity contribution in [1.82, 2.24) is 10.2 Å². The molecule has 27 heavy (non-hydrogen) atoms. The van der Waals surface area contributed by atoms with E-state index in [-0.39, 0.29) is 11.9 Å². The third kappa shape index (κ3) is 4.08. The molecule has 1 aromatic heterocycles. The first-order valence-corrected chi connectivity index (χ1v) is 9.84. The Balaban J connectivity index is 1.61. The van der Waals surface area contributed by atoms with E-state index in [9.17, 15) is 4.79 Å². The number of carbonyl (C=O) groups excluding carboxylic acids is 1. The van der Waals surface area contributed by atoms with Crippen molar-refractivity contribution in [3.63, 3.8) is 0 Å². The second-order valence-electron chi connectivity index (χ2n) is 6.55. The van der Waals surface area contributed by atoms with Gasteiger partial charge in [0.05, 0.1) is 19.3 Å². The third-order valence-corrected chi connectivity index (χ3v) is 5.35. The van der Waals surface area contributed by atoms with Gasteiger partial charge >= 0.3 is 0 Å². The van der Waals surface area contributed by atoms with Crippen LogP contribution in [0.5, 0.6) is 0 Å². The van der Waals surface area contributed by atoms with Crippen LogP contribution < -0.4 is 5.32 Å². The van der Waals surface area contributed by atoms with Crippen LogP contribution >= 0.6 is 15.9 Å². The number of benzene rings is 2. The molecule has 6 heteroatoms. The molecule has 1 atom stereocenters. The maximum atomic E-state index is 12.5. The van der Waals surface area contributed by atoms with Crippen molar-refractivity contribution < 1.29 is 13.9 Å². The highest BCUT2D eigenvalue weighted by Gasteiger charge is 2.25. The Morgan fingerprint density at radius 1 is 1.07 bits per heavy atom. The first kappa shape index (κ1) is 18.2. The lowest BCUT2D eigenvalue weighted by molar-refractivity contribution is 0.0164. The quantitative estimate of drug-likeness (QED) is 0.667. The van der Waals surface area contributed by atoms with Crippen LogP contribution in [0.15, 0.2) is 63.7 Å². The topological polar surface area (TPSA) is 54.7 Å². The second-order valence-corrected chi connectivity index (χ2v) is 7.33. The molecule has 1 aliphatic rings. The summed E-state index contributed by atoms with van der Waals surface area (Å²) in [5, 5.41) is 5.45. The number of halogens is 1. The van der Waals surface area contributed by atoms with Crippen molar-refractivity contribution in [3.8, 4) is 0 Å². The maximum Gasteiger partial charge on any atom is 0.287 e. The predicted molar refractivity (Wildman–Crippen MR) is 108 cm³/mol. The minimum absolute atomic E-state index is 0.0716. The van der Waals surface area contributed by atoms with Crippen molar-refractivity contribution >= 4 is 32.6 Å². The molecule has 0 aliphatic carbocycles. The molecule has 1 N–H and O–H groups in total. The van der Waals surface area contributed by atoms with E-state index in [2.05, 4.69) is 62.5 Å². The molecule has 1 saturated heterocycles. The SMILES string of the molecule is O=C(NC[C@H](c1cccc2ccccc12)N1CCOCC1)c1ccc(Br)o1. The highest BCUT2D eigenvalue weighted by atomic mass is 79.9. The van der Waals surface area contributed by atoms with Crippen LogP contribution in [0.1, 0.15) is 22.2 Å². The van der Waals surface area contributed by atoms with E-state index in [1.54, 1.807) is 12.1 Å². The van der Waals surface area contributed by atoms with Gasteiger partial charge in [-0.2, -0.15) is 0 Å². The zero-order valence-corrected chi connectivity index (χ0v) is 16.4. The molecule has 0 saturated carbocycles. The number of ether oxygens (including phenoxy) is 1. The number of carbonyl (C=O) groups is 1. The second kappa shape index (κ2) is 8.25. The standard InChI is InChI=1S/C21H21BrN2O3/c22-20-9-8-19(27-20)21(25)23-14-18(24-10-12-26-13-11-24)17-7-3-5-15-4-1-2-6-16(15)17/h1-9,18H,10-14H2,(H,23,25)/t18-/m1/s1. The molecule has 1 fully saturated rings. The zero-order valence-electron chi connectivity index (χ0n) is 14.9. The lowest BCUT2D eigenvalue weighted by atomic mass is 9.97. The summed E-state index contributed by atoms with van der Waals surface area (Å²) in [5.41, 5.74) is 1.22. The fraction of sp³-hybridized carbons (Fsp3) is 0.286. The summed E-state index contributed by atoms with van der Waals surface area (Å²) in [6.45, 7) is 3.61. The van der Waals surface area contributed by atoms with Gasteiger partial charge in [0, 0.05) is 19.6 Å². The Morgan fingerprint density at radius 2 is 1.85 bits per heavy atom. The van der Waals surface area contributed by atoms with E-state index >= 15 is 0 Å². The molecule has 0 radical (unpaired) electrons. The monoisotopic (exact) mass is 428 g/mol. The summed E-state index contributed by atoms with van der Waals surface area (Å²) in [7, 11) is 0. The number of furan rings is 1. The average molecular weight is 429 g/mol. The summed E-state index contributed by atoms with van der Waals surface area (Å²) >= 11 is 3.24. The molecule has 0 bridgehead atoms. The van der Waals surface area contributed by atoms with Gasteiger partial charge < -0.3 is 14.5 Å². The van der Waals surface area contributed by atoms with Crippen molar-refractivity contribution in [2.24, 2.45) is 0 Å². The molecular formula is C21H21BrN2O3. The molecule has 0 spiro atoms. The molecule has 0 unspecified atom stereocenters. The van der Waals surface area contributed by atoms with E-state index in [0.717, 1.165) is 13.1 Å². The zero-order chi connectivity index (χ0) is 18.6. The van der Waals surface area contributed by atoms with Gasteiger partial charge in [-0.1, -0.05) is 42.5 Å². The number of amides is 1. The van der Waals surface area contributed by atoms with Crippen molar-refractivity contribution in [1.29, 1.82) is 0 Å². The van der Waals surface area contributed by atoms with Crippen LogP contribution in [0.4, 0.5) is 0 Å². The highest BCUT2D eigenvalue weighted by molar-refractivity contribution is 9.10. The van der Waals surface area contributed by atoms with E-state index in [4.69, 9.17) is 9.15 Å². The van der Waals surface area contributed by atoms with E-state index in [1.165, 1.54) is 16.3 Å². The molecule has 2 heterocycles. The summed E-state index contributed by atoms with van der Waals surface area (Å²) in [6, 6.07) is 18.2. The predicted octanol–water partition coefficient (Wildman–Crippen LogP) is 4.00. The highest BCUT2D eigenvalue weighted by Crippen LogP contribution is 2.29. The summed E-state index contributed by atoms with van der Waals surface area (Å²) < 4.78 is 11.4. The van der Waals surface area contributed by atoms with Crippen molar-refractivity contribution in [3.05, 3.63) is 70.6 Å². The first-order valence-electron chi connectivity index (χ1n) is 9.05. The van der Waals surface area contributed by atoms with Crippen LogP contribution in [0.25, 0.3) is 10.8 Å². The number of hydrogen-bond acceptors (Lipinski definition) is 4. The third-order valence-electron chi connectivity index (χ3n) is 4.92. The van der Waals surface area contributed by atoms with Crippen LogP contribution in [0.3, 0.4) is 0 Å². The molecule has 5 nitrogen and oxygen atoms in total. The van der Waals surface area contributed by atoms with Gasteiger partial charge in [0.1, 0.15) is 0 Å². The number of morpholine rings is 1. The molecule has 3 aromatic rings. The molecule has 1 aliphatic heterocycles.